The van der Waals surface area contributed by atoms with Crippen LogP contribution in [0.3, 0.4) is 0 Å². The van der Waals surface area contributed by atoms with Crippen molar-refractivity contribution in [2.45, 2.75) is 6.54 Å². The lowest BCUT2D eigenvalue weighted by molar-refractivity contribution is 0.472. The predicted octanol–water partition coefficient (Wildman–Crippen LogP) is 2.41. The maximum absolute atomic E-state index is 13.5. The van der Waals surface area contributed by atoms with E-state index < -0.39 is 5.82 Å². The summed E-state index contributed by atoms with van der Waals surface area (Å²) in [7, 11) is 0. The van der Waals surface area contributed by atoms with Gasteiger partial charge < -0.3 is 10.4 Å². The van der Waals surface area contributed by atoms with E-state index in [2.05, 4.69) is 10.3 Å². The fourth-order valence-corrected chi connectivity index (χ4v) is 1.44. The van der Waals surface area contributed by atoms with Crippen molar-refractivity contribution in [1.29, 1.82) is 5.26 Å². The largest absolute Gasteiger partial charge is 0.506 e. The normalized spacial score (nSPS) is 9.78. The Morgan fingerprint density at radius 3 is 2.78 bits per heavy atom. The Morgan fingerprint density at radius 2 is 2.17 bits per heavy atom. The summed E-state index contributed by atoms with van der Waals surface area (Å²) in [5.74, 6) is -0.392. The molecule has 0 atom stereocenters. The van der Waals surface area contributed by atoms with Gasteiger partial charge >= 0.3 is 0 Å². The molecular formula is C13H10FN3O. The number of anilines is 1. The molecule has 0 saturated carbocycles. The second-order valence-electron chi connectivity index (χ2n) is 3.67. The number of benzene rings is 1. The molecular weight excluding hydrogens is 233 g/mol. The molecule has 0 spiro atoms. The summed E-state index contributed by atoms with van der Waals surface area (Å²) in [6.07, 6.45) is 1.33. The SMILES string of the molecule is N#Cc1ccc(NCc2ccc(O)cn2)c(F)c1. The quantitative estimate of drug-likeness (QED) is 0.868. The van der Waals surface area contributed by atoms with Crippen molar-refractivity contribution >= 4 is 5.69 Å². The molecule has 0 amide bonds. The van der Waals surface area contributed by atoms with Gasteiger partial charge in [-0.05, 0) is 30.3 Å². The van der Waals surface area contributed by atoms with E-state index in [1.54, 1.807) is 6.07 Å². The van der Waals surface area contributed by atoms with E-state index in [0.29, 0.717) is 17.9 Å². The highest BCUT2D eigenvalue weighted by Crippen LogP contribution is 2.16. The van der Waals surface area contributed by atoms with E-state index in [9.17, 15) is 4.39 Å². The number of hydrogen-bond acceptors (Lipinski definition) is 4. The van der Waals surface area contributed by atoms with E-state index >= 15 is 0 Å². The topological polar surface area (TPSA) is 68.9 Å². The Balaban J connectivity index is 2.06. The van der Waals surface area contributed by atoms with Gasteiger partial charge in [0.15, 0.2) is 0 Å². The van der Waals surface area contributed by atoms with Crippen LogP contribution < -0.4 is 5.32 Å². The molecule has 4 nitrogen and oxygen atoms in total. The van der Waals surface area contributed by atoms with Crippen molar-refractivity contribution in [1.82, 2.24) is 4.98 Å². The number of hydrogen-bond donors (Lipinski definition) is 2. The lowest BCUT2D eigenvalue weighted by atomic mass is 10.2. The van der Waals surface area contributed by atoms with Gasteiger partial charge in [0.05, 0.1) is 35.8 Å². The van der Waals surface area contributed by atoms with Crippen LogP contribution in [0.1, 0.15) is 11.3 Å². The number of aromatic hydroxyl groups is 1. The summed E-state index contributed by atoms with van der Waals surface area (Å²) < 4.78 is 13.5. The average molecular weight is 243 g/mol. The summed E-state index contributed by atoms with van der Waals surface area (Å²) >= 11 is 0. The minimum absolute atomic E-state index is 0.0864. The third-order valence-electron chi connectivity index (χ3n) is 2.37. The highest BCUT2D eigenvalue weighted by atomic mass is 19.1. The number of pyridine rings is 1. The van der Waals surface area contributed by atoms with Crippen LogP contribution in [0, 0.1) is 17.1 Å². The van der Waals surface area contributed by atoms with Gasteiger partial charge in [-0.2, -0.15) is 5.26 Å². The number of nitrogens with zero attached hydrogens (tertiary/aromatic N) is 2. The molecule has 2 aromatic rings. The van der Waals surface area contributed by atoms with E-state index in [1.165, 1.54) is 30.5 Å². The molecule has 2 rings (SSSR count). The monoisotopic (exact) mass is 243 g/mol. The van der Waals surface area contributed by atoms with Crippen LogP contribution in [0.5, 0.6) is 5.75 Å². The second kappa shape index (κ2) is 5.15. The smallest absolute Gasteiger partial charge is 0.147 e. The standard InChI is InChI=1S/C13H10FN3O/c14-12-5-9(6-15)1-4-13(12)17-7-10-2-3-11(18)8-16-10/h1-5,8,17-18H,7H2. The number of aromatic nitrogens is 1. The number of nitrogens with one attached hydrogen (secondary N) is 1. The van der Waals surface area contributed by atoms with Gasteiger partial charge in [0, 0.05) is 0 Å². The maximum atomic E-state index is 13.5. The molecule has 1 heterocycles. The first-order valence-corrected chi connectivity index (χ1v) is 5.26. The van der Waals surface area contributed by atoms with Crippen molar-refractivity contribution in [3.63, 3.8) is 0 Å². The third-order valence-corrected chi connectivity index (χ3v) is 2.37. The van der Waals surface area contributed by atoms with Gasteiger partial charge in [0.1, 0.15) is 11.6 Å². The number of rotatable bonds is 3. The Kier molecular flexibility index (Phi) is 3.39. The Labute approximate surface area is 103 Å². The van der Waals surface area contributed by atoms with Crippen molar-refractivity contribution in [3.8, 4) is 11.8 Å². The number of halogens is 1. The fourth-order valence-electron chi connectivity index (χ4n) is 1.44. The summed E-state index contributed by atoms with van der Waals surface area (Å²) in [4.78, 5) is 3.97. The van der Waals surface area contributed by atoms with Gasteiger partial charge in [0.2, 0.25) is 0 Å². The lowest BCUT2D eigenvalue weighted by Gasteiger charge is -2.07. The zero-order chi connectivity index (χ0) is 13.0. The Morgan fingerprint density at radius 1 is 1.33 bits per heavy atom. The van der Waals surface area contributed by atoms with Gasteiger partial charge in [-0.15, -0.1) is 0 Å². The Bertz CT molecular complexity index is 590. The summed E-state index contributed by atoms with van der Waals surface area (Å²) in [5.41, 5.74) is 1.27. The van der Waals surface area contributed by atoms with Crippen molar-refractivity contribution < 1.29 is 9.50 Å². The van der Waals surface area contributed by atoms with Gasteiger partial charge in [0.25, 0.3) is 0 Å². The first kappa shape index (κ1) is 11.9. The van der Waals surface area contributed by atoms with Gasteiger partial charge in [-0.25, -0.2) is 4.39 Å². The summed E-state index contributed by atoms with van der Waals surface area (Å²) in [6, 6.07) is 9.24. The average Bonchev–Trinajstić information content (AvgIpc) is 2.39. The molecule has 0 bridgehead atoms. The molecule has 2 N–H and O–H groups in total. The zero-order valence-electron chi connectivity index (χ0n) is 9.39. The molecule has 5 heteroatoms. The van der Waals surface area contributed by atoms with E-state index in [-0.39, 0.29) is 11.3 Å². The van der Waals surface area contributed by atoms with E-state index in [1.807, 2.05) is 6.07 Å². The Hall–Kier alpha value is -2.61. The molecule has 1 aromatic heterocycles. The molecule has 90 valence electrons. The van der Waals surface area contributed by atoms with Crippen molar-refractivity contribution in [2.24, 2.45) is 0 Å². The van der Waals surface area contributed by atoms with Crippen LogP contribution in [0.25, 0.3) is 0 Å². The van der Waals surface area contributed by atoms with Crippen LogP contribution in [0.15, 0.2) is 36.5 Å². The van der Waals surface area contributed by atoms with Crippen LogP contribution >= 0.6 is 0 Å². The zero-order valence-corrected chi connectivity index (χ0v) is 9.39. The van der Waals surface area contributed by atoms with Gasteiger partial charge in [-0.1, -0.05) is 0 Å². The second-order valence-corrected chi connectivity index (χ2v) is 3.67. The minimum atomic E-state index is -0.479. The molecule has 0 saturated heterocycles. The lowest BCUT2D eigenvalue weighted by Crippen LogP contribution is -2.03. The summed E-state index contributed by atoms with van der Waals surface area (Å²) in [6.45, 7) is 0.336. The van der Waals surface area contributed by atoms with Crippen molar-refractivity contribution in [3.05, 3.63) is 53.6 Å². The molecule has 0 aliphatic carbocycles. The van der Waals surface area contributed by atoms with E-state index in [4.69, 9.17) is 10.4 Å². The molecule has 0 aliphatic rings. The minimum Gasteiger partial charge on any atom is -0.506 e. The number of nitriles is 1. The highest BCUT2D eigenvalue weighted by molar-refractivity contribution is 5.48. The fraction of sp³-hybridized carbons (Fsp3) is 0.0769. The maximum Gasteiger partial charge on any atom is 0.147 e. The summed E-state index contributed by atoms with van der Waals surface area (Å²) in [5, 5.41) is 20.6. The molecule has 0 radical (unpaired) electrons. The third kappa shape index (κ3) is 2.74. The van der Waals surface area contributed by atoms with Crippen LogP contribution in [-0.4, -0.2) is 10.1 Å². The van der Waals surface area contributed by atoms with Crippen molar-refractivity contribution in [2.75, 3.05) is 5.32 Å². The van der Waals surface area contributed by atoms with E-state index in [0.717, 1.165) is 0 Å². The molecule has 0 aliphatic heterocycles. The van der Waals surface area contributed by atoms with Crippen LogP contribution in [0.4, 0.5) is 10.1 Å². The molecule has 18 heavy (non-hydrogen) atoms. The van der Waals surface area contributed by atoms with Gasteiger partial charge in [-0.3, -0.25) is 4.98 Å². The first-order valence-electron chi connectivity index (χ1n) is 5.26. The highest BCUT2D eigenvalue weighted by Gasteiger charge is 2.03. The first-order chi connectivity index (χ1) is 8.69. The molecule has 1 aromatic carbocycles. The molecule has 0 unspecified atom stereocenters. The van der Waals surface area contributed by atoms with Crippen LogP contribution in [-0.2, 0) is 6.54 Å². The molecule has 0 fully saturated rings. The predicted molar refractivity (Wildman–Crippen MR) is 64.3 cm³/mol. The van der Waals surface area contributed by atoms with Crippen LogP contribution in [0.2, 0.25) is 0 Å².